The van der Waals surface area contributed by atoms with Gasteiger partial charge in [0.15, 0.2) is 23.8 Å². The highest BCUT2D eigenvalue weighted by Gasteiger charge is 2.25. The lowest BCUT2D eigenvalue weighted by molar-refractivity contribution is 0.0426. The summed E-state index contributed by atoms with van der Waals surface area (Å²) in [5, 5.41) is 24.3. The normalized spacial score (nSPS) is 10.8. The van der Waals surface area contributed by atoms with E-state index in [0.29, 0.717) is 24.6 Å². The highest BCUT2D eigenvalue weighted by Crippen LogP contribution is 2.30. The third kappa shape index (κ3) is 6.89. The Morgan fingerprint density at radius 2 is 1.76 bits per heavy atom. The van der Waals surface area contributed by atoms with Crippen LogP contribution in [-0.2, 0) is 30.9 Å². The summed E-state index contributed by atoms with van der Waals surface area (Å²) in [5.41, 5.74) is 4.05. The number of aromatic amines is 1. The monoisotopic (exact) mass is 574 g/mol. The van der Waals surface area contributed by atoms with E-state index in [1.165, 1.54) is 6.42 Å². The molecule has 0 radical (unpaired) electrons. The fraction of sp³-hybridized carbons (Fsp3) is 0.333. The van der Waals surface area contributed by atoms with Gasteiger partial charge in [-0.1, -0.05) is 75.7 Å². The number of hydrogen-bond acceptors (Lipinski definition) is 10. The third-order valence-electron chi connectivity index (χ3n) is 6.22. The highest BCUT2D eigenvalue weighted by molar-refractivity contribution is 5.89. The van der Waals surface area contributed by atoms with Crippen molar-refractivity contribution in [2.45, 2.75) is 66.7 Å². The van der Waals surface area contributed by atoms with E-state index >= 15 is 0 Å². The number of rotatable bonds is 10. The standard InChI is InChI=1S/C27H26N6O6.C3H8/c1-3-6-23-28-21(14-34)24(26(35)37-15-22-16(2)38-27(36)39-22)33(23)13-17-9-11-18(12-10-17)19-7-4-5-8-20(19)25-29-31-32-30-25;1-3-2/h4-5,7-12,34H,3,6,13-15H2,1-2H3,(H,29,30,31,32);3H2,1-2H3. The number of H-pyrrole nitrogens is 1. The summed E-state index contributed by atoms with van der Waals surface area (Å²) < 4.78 is 16.9. The molecule has 0 amide bonds. The Hall–Kier alpha value is -4.84. The largest absolute Gasteiger partial charge is 0.519 e. The van der Waals surface area contributed by atoms with Crippen molar-refractivity contribution in [2.75, 3.05) is 0 Å². The van der Waals surface area contributed by atoms with Gasteiger partial charge in [0.05, 0.1) is 12.3 Å². The molecule has 0 fully saturated rings. The number of esters is 1. The van der Waals surface area contributed by atoms with Gasteiger partial charge in [-0.2, -0.15) is 5.21 Å². The first kappa shape index (κ1) is 30.1. The zero-order valence-electron chi connectivity index (χ0n) is 24.1. The Morgan fingerprint density at radius 3 is 2.36 bits per heavy atom. The van der Waals surface area contributed by atoms with Gasteiger partial charge < -0.3 is 23.2 Å². The lowest BCUT2D eigenvalue weighted by atomic mass is 9.98. The Kier molecular flexibility index (Phi) is 10.2. The molecule has 0 aliphatic carbocycles. The molecular weight excluding hydrogens is 540 g/mol. The average Bonchev–Trinajstić information content (AvgIpc) is 3.72. The van der Waals surface area contributed by atoms with Crippen molar-refractivity contribution in [1.82, 2.24) is 30.2 Å². The fourth-order valence-electron chi connectivity index (χ4n) is 4.36. The fourth-order valence-corrected chi connectivity index (χ4v) is 4.36. The maximum Gasteiger partial charge on any atom is 0.519 e. The van der Waals surface area contributed by atoms with Gasteiger partial charge in [-0.25, -0.2) is 14.6 Å². The van der Waals surface area contributed by atoms with Gasteiger partial charge in [-0.15, -0.1) is 10.2 Å². The second-order valence-corrected chi connectivity index (χ2v) is 9.51. The number of imidazole rings is 1. The summed E-state index contributed by atoms with van der Waals surface area (Å²) in [5.74, 6) is -0.0456. The van der Waals surface area contributed by atoms with Crippen LogP contribution in [0.1, 0.15) is 72.7 Å². The molecule has 3 aromatic heterocycles. The van der Waals surface area contributed by atoms with Crippen molar-refractivity contribution in [2.24, 2.45) is 0 Å². The number of tetrazole rings is 1. The minimum Gasteiger partial charge on any atom is -0.453 e. The van der Waals surface area contributed by atoms with Crippen LogP contribution >= 0.6 is 0 Å². The van der Waals surface area contributed by atoms with Gasteiger partial charge >= 0.3 is 11.8 Å². The van der Waals surface area contributed by atoms with E-state index in [4.69, 9.17) is 13.6 Å². The number of carbonyl (C=O) groups is 1. The molecule has 2 N–H and O–H groups in total. The van der Waals surface area contributed by atoms with Crippen molar-refractivity contribution in [3.63, 3.8) is 0 Å². The molecule has 2 aromatic carbocycles. The number of aliphatic hydroxyl groups is 1. The van der Waals surface area contributed by atoms with E-state index in [2.05, 4.69) is 39.5 Å². The summed E-state index contributed by atoms with van der Waals surface area (Å²) >= 11 is 0. The van der Waals surface area contributed by atoms with Crippen molar-refractivity contribution >= 4 is 5.97 Å². The average molecular weight is 575 g/mol. The molecule has 12 nitrogen and oxygen atoms in total. The lowest BCUT2D eigenvalue weighted by Gasteiger charge is -2.13. The molecule has 220 valence electrons. The predicted octanol–water partition coefficient (Wildman–Crippen LogP) is 4.85. The molecule has 5 aromatic rings. The second kappa shape index (κ2) is 14.2. The molecule has 0 spiro atoms. The summed E-state index contributed by atoms with van der Waals surface area (Å²) in [6.45, 7) is 7.42. The molecular formula is C30H34N6O6. The van der Waals surface area contributed by atoms with E-state index in [0.717, 1.165) is 28.7 Å². The molecule has 42 heavy (non-hydrogen) atoms. The number of carbonyl (C=O) groups excluding carboxylic acids is 1. The van der Waals surface area contributed by atoms with Crippen LogP contribution in [0, 0.1) is 6.92 Å². The van der Waals surface area contributed by atoms with Crippen LogP contribution in [-0.4, -0.2) is 41.3 Å². The van der Waals surface area contributed by atoms with Crippen molar-refractivity contribution in [3.8, 4) is 22.5 Å². The van der Waals surface area contributed by atoms with Gasteiger partial charge in [-0.05, 0) is 35.2 Å². The summed E-state index contributed by atoms with van der Waals surface area (Å²) in [6.07, 6.45) is 2.65. The van der Waals surface area contributed by atoms with Gasteiger partial charge in [0.25, 0.3) is 0 Å². The Bertz CT molecular complexity index is 1650. The minimum atomic E-state index is -0.867. The minimum absolute atomic E-state index is 0.121. The van der Waals surface area contributed by atoms with Crippen LogP contribution in [0.5, 0.6) is 0 Å². The molecule has 12 heteroatoms. The Balaban J connectivity index is 0.00000129. The Labute approximate surface area is 242 Å². The van der Waals surface area contributed by atoms with Gasteiger partial charge in [-0.3, -0.25) is 0 Å². The van der Waals surface area contributed by atoms with Crippen LogP contribution in [0.25, 0.3) is 22.5 Å². The smallest absolute Gasteiger partial charge is 0.453 e. The van der Waals surface area contributed by atoms with Crippen LogP contribution in [0.4, 0.5) is 0 Å². The van der Waals surface area contributed by atoms with Crippen LogP contribution in [0.2, 0.25) is 0 Å². The third-order valence-corrected chi connectivity index (χ3v) is 6.22. The molecule has 3 heterocycles. The summed E-state index contributed by atoms with van der Waals surface area (Å²) in [7, 11) is 0. The number of ether oxygens (including phenoxy) is 1. The van der Waals surface area contributed by atoms with Crippen LogP contribution in [0.3, 0.4) is 0 Å². The SMILES string of the molecule is CCC.CCCc1nc(CO)c(C(=O)OCc2oc(=O)oc2C)n1Cc1ccc(-c2ccccc2-c2nn[nH]n2)cc1. The number of aliphatic hydroxyl groups excluding tert-OH is 1. The van der Waals surface area contributed by atoms with Gasteiger partial charge in [0.1, 0.15) is 5.82 Å². The van der Waals surface area contributed by atoms with E-state index in [1.807, 2.05) is 55.5 Å². The number of nitrogens with one attached hydrogen (secondary N) is 1. The number of aromatic nitrogens is 6. The second-order valence-electron chi connectivity index (χ2n) is 9.51. The molecule has 0 saturated carbocycles. The van der Waals surface area contributed by atoms with Crippen LogP contribution in [0.15, 0.2) is 62.2 Å². The molecule has 0 atom stereocenters. The van der Waals surface area contributed by atoms with Gasteiger partial charge in [0, 0.05) is 18.5 Å². The van der Waals surface area contributed by atoms with E-state index in [-0.39, 0.29) is 29.5 Å². The quantitative estimate of drug-likeness (QED) is 0.220. The topological polar surface area (TPSA) is 162 Å². The van der Waals surface area contributed by atoms with Crippen molar-refractivity contribution in [3.05, 3.63) is 93.4 Å². The number of nitrogens with zero attached hydrogens (tertiary/aromatic N) is 5. The maximum atomic E-state index is 13.2. The van der Waals surface area contributed by atoms with E-state index in [9.17, 15) is 14.7 Å². The van der Waals surface area contributed by atoms with Crippen LogP contribution < -0.4 is 5.82 Å². The highest BCUT2D eigenvalue weighted by atomic mass is 16.6. The van der Waals surface area contributed by atoms with E-state index < -0.39 is 18.4 Å². The molecule has 0 aliphatic heterocycles. The molecule has 0 bridgehead atoms. The zero-order chi connectivity index (χ0) is 30.1. The first-order valence-electron chi connectivity index (χ1n) is 13.8. The molecule has 5 rings (SSSR count). The van der Waals surface area contributed by atoms with Gasteiger partial charge in [0.2, 0.25) is 5.82 Å². The number of benzene rings is 2. The predicted molar refractivity (Wildman–Crippen MR) is 153 cm³/mol. The number of hydrogen-bond donors (Lipinski definition) is 2. The molecule has 0 saturated heterocycles. The van der Waals surface area contributed by atoms with Crippen molar-refractivity contribution in [1.29, 1.82) is 0 Å². The maximum absolute atomic E-state index is 13.2. The summed E-state index contributed by atoms with van der Waals surface area (Å²) in [6, 6.07) is 15.7. The van der Waals surface area contributed by atoms with E-state index in [1.54, 1.807) is 11.5 Å². The molecule has 0 aliphatic rings. The Morgan fingerprint density at radius 1 is 1.05 bits per heavy atom. The van der Waals surface area contributed by atoms with Crippen molar-refractivity contribution < 1.29 is 23.5 Å². The first-order valence-corrected chi connectivity index (χ1v) is 13.8. The first-order chi connectivity index (χ1) is 20.4. The summed E-state index contributed by atoms with van der Waals surface area (Å²) in [4.78, 5) is 29.0. The lowest BCUT2D eigenvalue weighted by Crippen LogP contribution is -2.16. The zero-order valence-corrected chi connectivity index (χ0v) is 24.1. The molecule has 0 unspecified atom stereocenters. The number of aryl methyl sites for hydroxylation is 2.